The normalized spacial score (nSPS) is 11.2. The summed E-state index contributed by atoms with van der Waals surface area (Å²) in [6, 6.07) is 10.5. The number of hydrogen-bond acceptors (Lipinski definition) is 5. The molecule has 0 unspecified atom stereocenters. The first-order chi connectivity index (χ1) is 10.3. The Morgan fingerprint density at radius 2 is 1.82 bits per heavy atom. The van der Waals surface area contributed by atoms with Crippen molar-refractivity contribution < 1.29 is 18.1 Å². The van der Waals surface area contributed by atoms with E-state index < -0.39 is 14.9 Å². The maximum Gasteiger partial charge on any atom is 0.269 e. The number of rotatable bonds is 5. The molecule has 22 heavy (non-hydrogen) atoms. The number of non-ortho nitro benzene ring substituents is 1. The van der Waals surface area contributed by atoms with Gasteiger partial charge in [-0.15, -0.1) is 0 Å². The summed E-state index contributed by atoms with van der Waals surface area (Å²) in [7, 11) is -2.42. The number of nitro benzene ring substituents is 1. The first-order valence-electron chi connectivity index (χ1n) is 6.24. The van der Waals surface area contributed by atoms with Crippen molar-refractivity contribution in [3.8, 4) is 5.75 Å². The molecule has 2 N–H and O–H groups in total. The van der Waals surface area contributed by atoms with E-state index in [0.717, 1.165) is 17.7 Å². The molecule has 0 saturated heterocycles. The van der Waals surface area contributed by atoms with Crippen molar-refractivity contribution >= 4 is 15.7 Å². The third kappa shape index (κ3) is 3.60. The molecule has 0 aliphatic heterocycles. The van der Waals surface area contributed by atoms with Gasteiger partial charge in [-0.25, -0.2) is 13.6 Å². The number of nitro groups is 1. The summed E-state index contributed by atoms with van der Waals surface area (Å²) < 4.78 is 28.3. The monoisotopic (exact) mass is 322 g/mol. The van der Waals surface area contributed by atoms with Gasteiger partial charge in [-0.05, 0) is 35.7 Å². The quantitative estimate of drug-likeness (QED) is 0.666. The van der Waals surface area contributed by atoms with Crippen molar-refractivity contribution in [3.63, 3.8) is 0 Å². The molecule has 0 atom stereocenters. The lowest BCUT2D eigenvalue weighted by atomic mass is 10.0. The van der Waals surface area contributed by atoms with E-state index in [1.807, 2.05) is 0 Å². The lowest BCUT2D eigenvalue weighted by Gasteiger charge is -2.08. The van der Waals surface area contributed by atoms with Gasteiger partial charge in [0.1, 0.15) is 5.75 Å². The van der Waals surface area contributed by atoms with Gasteiger partial charge < -0.3 is 4.74 Å². The lowest BCUT2D eigenvalue weighted by molar-refractivity contribution is -0.385. The standard InChI is InChI=1S/C14H14N2O5S/c1-21-13-5-2-10(3-6-13)8-11-9-12(16(17)18)4-7-14(11)22(15,19)20/h2-7,9H,8H2,1H3,(H2,15,19,20). The highest BCUT2D eigenvalue weighted by molar-refractivity contribution is 7.89. The summed E-state index contributed by atoms with van der Waals surface area (Å²) in [4.78, 5) is 10.2. The second-order valence-electron chi connectivity index (χ2n) is 4.62. The fourth-order valence-corrected chi connectivity index (χ4v) is 2.81. The molecule has 116 valence electrons. The minimum absolute atomic E-state index is 0.117. The maximum absolute atomic E-state index is 11.6. The molecule has 0 radical (unpaired) electrons. The second-order valence-corrected chi connectivity index (χ2v) is 6.15. The Morgan fingerprint density at radius 1 is 1.18 bits per heavy atom. The molecule has 2 aromatic rings. The molecule has 8 heteroatoms. The van der Waals surface area contributed by atoms with Crippen molar-refractivity contribution in [2.45, 2.75) is 11.3 Å². The van der Waals surface area contributed by atoms with Crippen LogP contribution in [0.5, 0.6) is 5.75 Å². The van der Waals surface area contributed by atoms with Crippen molar-refractivity contribution in [1.82, 2.24) is 0 Å². The summed E-state index contributed by atoms with van der Waals surface area (Å²) >= 11 is 0. The van der Waals surface area contributed by atoms with Crippen molar-refractivity contribution in [1.29, 1.82) is 0 Å². The predicted molar refractivity (Wildman–Crippen MR) is 80.3 cm³/mol. The van der Waals surface area contributed by atoms with Gasteiger partial charge in [0.25, 0.3) is 5.69 Å². The van der Waals surface area contributed by atoms with Crippen LogP contribution in [0, 0.1) is 10.1 Å². The van der Waals surface area contributed by atoms with Crippen molar-refractivity contribution in [2.75, 3.05) is 7.11 Å². The molecule has 7 nitrogen and oxygen atoms in total. The van der Waals surface area contributed by atoms with Crippen molar-refractivity contribution in [2.24, 2.45) is 5.14 Å². The van der Waals surface area contributed by atoms with E-state index in [9.17, 15) is 18.5 Å². The Kier molecular flexibility index (Phi) is 4.43. The number of hydrogen-bond donors (Lipinski definition) is 1. The van der Waals surface area contributed by atoms with E-state index in [1.165, 1.54) is 13.2 Å². The summed E-state index contributed by atoms with van der Waals surface area (Å²) in [5, 5.41) is 16.0. The number of nitrogens with two attached hydrogens (primary N) is 1. The summed E-state index contributed by atoms with van der Waals surface area (Å²) in [6.45, 7) is 0. The smallest absolute Gasteiger partial charge is 0.269 e. The Hall–Kier alpha value is -2.45. The van der Waals surface area contributed by atoms with Gasteiger partial charge in [0.2, 0.25) is 10.0 Å². The largest absolute Gasteiger partial charge is 0.497 e. The molecule has 0 aliphatic carbocycles. The van der Waals surface area contributed by atoms with Crippen LogP contribution in [0.4, 0.5) is 5.69 Å². The van der Waals surface area contributed by atoms with E-state index in [0.29, 0.717) is 5.75 Å². The van der Waals surface area contributed by atoms with Gasteiger partial charge in [-0.1, -0.05) is 12.1 Å². The molecular weight excluding hydrogens is 308 g/mol. The van der Waals surface area contributed by atoms with Crippen LogP contribution in [0.25, 0.3) is 0 Å². The Labute approximate surface area is 127 Å². The van der Waals surface area contributed by atoms with Crippen LogP contribution < -0.4 is 9.88 Å². The van der Waals surface area contributed by atoms with Crippen LogP contribution in [0.15, 0.2) is 47.4 Å². The third-order valence-electron chi connectivity index (χ3n) is 3.12. The molecular formula is C14H14N2O5S. The summed E-state index contributed by atoms with van der Waals surface area (Å²) in [6.07, 6.45) is 0.206. The average Bonchev–Trinajstić information content (AvgIpc) is 2.46. The topological polar surface area (TPSA) is 113 Å². The Bertz CT molecular complexity index is 800. The first kappa shape index (κ1) is 15.9. The van der Waals surface area contributed by atoms with Crippen LogP contribution >= 0.6 is 0 Å². The number of benzene rings is 2. The van der Waals surface area contributed by atoms with Crippen LogP contribution in [-0.4, -0.2) is 20.5 Å². The molecule has 0 amide bonds. The highest BCUT2D eigenvalue weighted by Crippen LogP contribution is 2.24. The van der Waals surface area contributed by atoms with E-state index in [2.05, 4.69) is 0 Å². The Morgan fingerprint density at radius 3 is 2.32 bits per heavy atom. The molecule has 2 rings (SSSR count). The molecule has 0 heterocycles. The van der Waals surface area contributed by atoms with Gasteiger partial charge in [-0.2, -0.15) is 0 Å². The molecule has 0 spiro atoms. The molecule has 0 aromatic heterocycles. The Balaban J connectivity index is 2.46. The van der Waals surface area contributed by atoms with Crippen LogP contribution in [0.3, 0.4) is 0 Å². The second kappa shape index (κ2) is 6.12. The maximum atomic E-state index is 11.6. The SMILES string of the molecule is COc1ccc(Cc2cc([N+](=O)[O-])ccc2S(N)(=O)=O)cc1. The van der Waals surface area contributed by atoms with E-state index in [-0.39, 0.29) is 22.6 Å². The first-order valence-corrected chi connectivity index (χ1v) is 7.79. The number of nitrogens with zero attached hydrogens (tertiary/aromatic N) is 1. The van der Waals surface area contributed by atoms with Gasteiger partial charge in [-0.3, -0.25) is 10.1 Å². The highest BCUT2D eigenvalue weighted by atomic mass is 32.2. The van der Waals surface area contributed by atoms with E-state index in [4.69, 9.17) is 9.88 Å². The molecule has 0 bridgehead atoms. The van der Waals surface area contributed by atoms with Gasteiger partial charge in [0.05, 0.1) is 16.9 Å². The predicted octanol–water partition coefficient (Wildman–Crippen LogP) is 1.84. The fraction of sp³-hybridized carbons (Fsp3) is 0.143. The molecule has 2 aromatic carbocycles. The number of ether oxygens (including phenoxy) is 1. The highest BCUT2D eigenvalue weighted by Gasteiger charge is 2.18. The molecule has 0 fully saturated rings. The van der Waals surface area contributed by atoms with Crippen LogP contribution in [0.1, 0.15) is 11.1 Å². The molecule has 0 saturated carbocycles. The zero-order chi connectivity index (χ0) is 16.3. The van der Waals surface area contributed by atoms with E-state index in [1.54, 1.807) is 24.3 Å². The lowest BCUT2D eigenvalue weighted by Crippen LogP contribution is -2.15. The number of methoxy groups -OCH3 is 1. The summed E-state index contributed by atoms with van der Waals surface area (Å²) in [5.41, 5.74) is 0.879. The fourth-order valence-electron chi connectivity index (χ4n) is 2.06. The van der Waals surface area contributed by atoms with Crippen LogP contribution in [0.2, 0.25) is 0 Å². The van der Waals surface area contributed by atoms with Crippen LogP contribution in [-0.2, 0) is 16.4 Å². The zero-order valence-electron chi connectivity index (χ0n) is 11.7. The summed E-state index contributed by atoms with van der Waals surface area (Å²) in [5.74, 6) is 0.662. The molecule has 0 aliphatic rings. The minimum atomic E-state index is -3.96. The third-order valence-corrected chi connectivity index (χ3v) is 4.13. The van der Waals surface area contributed by atoms with Gasteiger partial charge >= 0.3 is 0 Å². The van der Waals surface area contributed by atoms with Gasteiger partial charge in [0.15, 0.2) is 0 Å². The minimum Gasteiger partial charge on any atom is -0.497 e. The zero-order valence-corrected chi connectivity index (χ0v) is 12.5. The number of primary sulfonamides is 1. The van der Waals surface area contributed by atoms with E-state index >= 15 is 0 Å². The number of sulfonamides is 1. The van der Waals surface area contributed by atoms with Gasteiger partial charge in [0, 0.05) is 12.1 Å². The average molecular weight is 322 g/mol. The van der Waals surface area contributed by atoms with Crippen molar-refractivity contribution in [3.05, 3.63) is 63.7 Å².